The van der Waals surface area contributed by atoms with Crippen molar-refractivity contribution in [1.29, 1.82) is 5.26 Å². The van der Waals surface area contributed by atoms with Crippen molar-refractivity contribution in [2.75, 3.05) is 7.11 Å². The molecule has 0 bridgehead atoms. The van der Waals surface area contributed by atoms with Gasteiger partial charge in [0.1, 0.15) is 11.8 Å². The number of hydrogen-bond donors (Lipinski definition) is 0. The Hall–Kier alpha value is -2.30. The highest BCUT2D eigenvalue weighted by molar-refractivity contribution is 5.90. The smallest absolute Gasteiger partial charge is 0.464 e. The molecule has 1 aromatic rings. The lowest BCUT2D eigenvalue weighted by molar-refractivity contribution is -0.274. The third-order valence-electron chi connectivity index (χ3n) is 1.58. The molecule has 0 saturated heterocycles. The maximum atomic E-state index is 12.0. The molecule has 0 spiro atoms. The first kappa shape index (κ1) is 12.8. The van der Waals surface area contributed by atoms with E-state index in [1.54, 1.807) is 6.07 Å². The minimum atomic E-state index is -4.96. The van der Waals surface area contributed by atoms with Gasteiger partial charge >= 0.3 is 12.3 Å². The largest absolute Gasteiger partial charge is 0.573 e. The van der Waals surface area contributed by atoms with Crippen LogP contribution >= 0.6 is 0 Å². The van der Waals surface area contributed by atoms with E-state index < -0.39 is 23.8 Å². The van der Waals surface area contributed by atoms with Gasteiger partial charge in [-0.25, -0.2) is 9.78 Å². The second-order valence-electron chi connectivity index (χ2n) is 2.69. The Labute approximate surface area is 93.4 Å². The van der Waals surface area contributed by atoms with Crippen LogP contribution in [0.1, 0.15) is 16.2 Å². The third-order valence-corrected chi connectivity index (χ3v) is 1.58. The zero-order chi connectivity index (χ0) is 13.1. The van der Waals surface area contributed by atoms with E-state index in [2.05, 4.69) is 14.5 Å². The molecule has 0 unspecified atom stereocenters. The monoisotopic (exact) mass is 246 g/mol. The quantitative estimate of drug-likeness (QED) is 0.741. The van der Waals surface area contributed by atoms with Crippen LogP contribution in [0.4, 0.5) is 13.2 Å². The van der Waals surface area contributed by atoms with Crippen molar-refractivity contribution in [1.82, 2.24) is 4.98 Å². The van der Waals surface area contributed by atoms with E-state index in [1.807, 2.05) is 0 Å². The molecule has 1 aromatic heterocycles. The van der Waals surface area contributed by atoms with Crippen molar-refractivity contribution in [2.45, 2.75) is 6.36 Å². The molecule has 0 N–H and O–H groups in total. The van der Waals surface area contributed by atoms with Crippen LogP contribution in [0.5, 0.6) is 5.75 Å². The van der Waals surface area contributed by atoms with Crippen LogP contribution in [0.3, 0.4) is 0 Å². The summed E-state index contributed by atoms with van der Waals surface area (Å²) >= 11 is 0. The molecule has 8 heteroatoms. The summed E-state index contributed by atoms with van der Waals surface area (Å²) in [4.78, 5) is 14.5. The molecule has 1 heterocycles. The van der Waals surface area contributed by atoms with Gasteiger partial charge in [-0.05, 0) is 12.1 Å². The molecule has 0 fully saturated rings. The molecule has 0 amide bonds. The fraction of sp³-hybridized carbons (Fsp3) is 0.222. The van der Waals surface area contributed by atoms with E-state index in [1.165, 1.54) is 0 Å². The summed E-state index contributed by atoms with van der Waals surface area (Å²) < 4.78 is 43.8. The number of halogens is 3. The summed E-state index contributed by atoms with van der Waals surface area (Å²) in [5, 5.41) is 8.51. The third kappa shape index (κ3) is 3.34. The summed E-state index contributed by atoms with van der Waals surface area (Å²) in [5.41, 5.74) is -0.927. The number of carbonyl (C=O) groups excluding carboxylic acids is 1. The fourth-order valence-corrected chi connectivity index (χ4v) is 0.959. The highest BCUT2D eigenvalue weighted by Crippen LogP contribution is 2.25. The van der Waals surface area contributed by atoms with Gasteiger partial charge in [-0.15, -0.1) is 13.2 Å². The average Bonchev–Trinajstić information content (AvgIpc) is 2.26. The predicted molar refractivity (Wildman–Crippen MR) is 47.0 cm³/mol. The van der Waals surface area contributed by atoms with Gasteiger partial charge in [-0.2, -0.15) is 5.26 Å². The lowest BCUT2D eigenvalue weighted by Crippen LogP contribution is -2.20. The van der Waals surface area contributed by atoms with Crippen molar-refractivity contribution in [3.8, 4) is 11.8 Å². The SMILES string of the molecule is COC(=O)c1nc(C#N)ccc1OC(F)(F)F. The number of nitriles is 1. The van der Waals surface area contributed by atoms with Crippen LogP contribution < -0.4 is 4.74 Å². The normalized spacial score (nSPS) is 10.5. The van der Waals surface area contributed by atoms with Crippen LogP contribution in [-0.4, -0.2) is 24.4 Å². The average molecular weight is 246 g/mol. The van der Waals surface area contributed by atoms with Gasteiger partial charge in [-0.3, -0.25) is 0 Å². The Morgan fingerprint density at radius 2 is 2.12 bits per heavy atom. The number of nitrogens with zero attached hydrogens (tertiary/aromatic N) is 2. The maximum Gasteiger partial charge on any atom is 0.573 e. The van der Waals surface area contributed by atoms with Crippen molar-refractivity contribution in [3.63, 3.8) is 0 Å². The van der Waals surface area contributed by atoms with Gasteiger partial charge < -0.3 is 9.47 Å². The van der Waals surface area contributed by atoms with Gasteiger partial charge in [0.15, 0.2) is 11.4 Å². The van der Waals surface area contributed by atoms with Gasteiger partial charge in [0.05, 0.1) is 7.11 Å². The molecule has 17 heavy (non-hydrogen) atoms. The van der Waals surface area contributed by atoms with E-state index in [0.717, 1.165) is 19.2 Å². The summed E-state index contributed by atoms with van der Waals surface area (Å²) in [6.45, 7) is 0. The molecule has 1 rings (SSSR count). The number of alkyl halides is 3. The Balaban J connectivity index is 3.21. The number of pyridine rings is 1. The molecule has 5 nitrogen and oxygen atoms in total. The van der Waals surface area contributed by atoms with Crippen molar-refractivity contribution >= 4 is 5.97 Å². The second-order valence-corrected chi connectivity index (χ2v) is 2.69. The lowest BCUT2D eigenvalue weighted by Gasteiger charge is -2.11. The molecule has 90 valence electrons. The van der Waals surface area contributed by atoms with Crippen LogP contribution in [0.2, 0.25) is 0 Å². The van der Waals surface area contributed by atoms with E-state index in [-0.39, 0.29) is 5.69 Å². The second kappa shape index (κ2) is 4.69. The standard InChI is InChI=1S/C9H5F3N2O3/c1-16-8(15)7-6(17-9(10,11)12)3-2-5(4-13)14-7/h2-3H,1H3. The summed E-state index contributed by atoms with van der Waals surface area (Å²) in [7, 11) is 0.973. The molecule has 0 radical (unpaired) electrons. The first-order chi connectivity index (χ1) is 7.87. The molecule has 0 atom stereocenters. The topological polar surface area (TPSA) is 72.2 Å². The maximum absolute atomic E-state index is 12.0. The molecule has 0 aliphatic carbocycles. The number of rotatable bonds is 2. The summed E-state index contributed by atoms with van der Waals surface area (Å²) in [6, 6.07) is 3.40. The number of methoxy groups -OCH3 is 1. The van der Waals surface area contributed by atoms with Crippen LogP contribution in [0.25, 0.3) is 0 Å². The van der Waals surface area contributed by atoms with Gasteiger partial charge in [0.2, 0.25) is 0 Å². The fourth-order valence-electron chi connectivity index (χ4n) is 0.959. The van der Waals surface area contributed by atoms with Crippen molar-refractivity contribution < 1.29 is 27.4 Å². The van der Waals surface area contributed by atoms with E-state index >= 15 is 0 Å². The highest BCUT2D eigenvalue weighted by Gasteiger charge is 2.33. The Kier molecular flexibility index (Phi) is 3.52. The minimum absolute atomic E-state index is 0.222. The predicted octanol–water partition coefficient (Wildman–Crippen LogP) is 1.64. The molecule has 0 aliphatic rings. The number of ether oxygens (including phenoxy) is 2. The number of aromatic nitrogens is 1. The van der Waals surface area contributed by atoms with Crippen LogP contribution in [0, 0.1) is 11.3 Å². The van der Waals surface area contributed by atoms with E-state index in [9.17, 15) is 18.0 Å². The van der Waals surface area contributed by atoms with E-state index in [0.29, 0.717) is 0 Å². The highest BCUT2D eigenvalue weighted by atomic mass is 19.4. The van der Waals surface area contributed by atoms with Gasteiger partial charge in [0.25, 0.3) is 0 Å². The molecule has 0 aliphatic heterocycles. The van der Waals surface area contributed by atoms with Gasteiger partial charge in [0, 0.05) is 0 Å². The number of esters is 1. The lowest BCUT2D eigenvalue weighted by atomic mass is 10.3. The Morgan fingerprint density at radius 1 is 1.47 bits per heavy atom. The zero-order valence-electron chi connectivity index (χ0n) is 8.41. The zero-order valence-corrected chi connectivity index (χ0v) is 8.41. The summed E-state index contributed by atoms with van der Waals surface area (Å²) in [5.74, 6) is -1.94. The first-order valence-corrected chi connectivity index (χ1v) is 4.12. The van der Waals surface area contributed by atoms with Crippen molar-refractivity contribution in [2.24, 2.45) is 0 Å². The molecular weight excluding hydrogens is 241 g/mol. The van der Waals surface area contributed by atoms with E-state index in [4.69, 9.17) is 5.26 Å². The number of carbonyl (C=O) groups is 1. The minimum Gasteiger partial charge on any atom is -0.464 e. The van der Waals surface area contributed by atoms with Gasteiger partial charge in [-0.1, -0.05) is 0 Å². The molecule has 0 saturated carbocycles. The molecule has 0 aromatic carbocycles. The van der Waals surface area contributed by atoms with Crippen LogP contribution in [-0.2, 0) is 4.74 Å². The summed E-state index contributed by atoms with van der Waals surface area (Å²) in [6.07, 6.45) is -4.96. The number of hydrogen-bond acceptors (Lipinski definition) is 5. The Bertz CT molecular complexity index is 479. The first-order valence-electron chi connectivity index (χ1n) is 4.12. The van der Waals surface area contributed by atoms with Crippen molar-refractivity contribution in [3.05, 3.63) is 23.5 Å². The van der Waals surface area contributed by atoms with Crippen LogP contribution in [0.15, 0.2) is 12.1 Å². The Morgan fingerprint density at radius 3 is 2.59 bits per heavy atom. The molecular formula is C9H5F3N2O3.